The van der Waals surface area contributed by atoms with Gasteiger partial charge in [0.15, 0.2) is 0 Å². The lowest BCUT2D eigenvalue weighted by atomic mass is 9.98. The molecule has 0 fully saturated rings. The van der Waals surface area contributed by atoms with E-state index in [1.165, 1.54) is 36.4 Å². The van der Waals surface area contributed by atoms with Crippen LogP contribution in [0.25, 0.3) is 21.2 Å². The number of carbonyl (C=O) groups excluding carboxylic acids is 1. The van der Waals surface area contributed by atoms with Crippen molar-refractivity contribution in [1.29, 1.82) is 0 Å². The van der Waals surface area contributed by atoms with E-state index in [2.05, 4.69) is 0 Å². The van der Waals surface area contributed by atoms with Gasteiger partial charge in [0.05, 0.1) is 5.56 Å². The quantitative estimate of drug-likeness (QED) is 0.596. The summed E-state index contributed by atoms with van der Waals surface area (Å²) in [4.78, 5) is 34.9. The minimum Gasteiger partial charge on any atom is -0.506 e. The van der Waals surface area contributed by atoms with Gasteiger partial charge in [-0.05, 0) is 29.3 Å². The second-order valence-corrected chi connectivity index (χ2v) is 6.96. The van der Waals surface area contributed by atoms with Crippen molar-refractivity contribution in [2.24, 2.45) is 0 Å². The zero-order valence-corrected chi connectivity index (χ0v) is 15.2. The molecule has 1 heterocycles. The number of halogens is 3. The van der Waals surface area contributed by atoms with E-state index in [-0.39, 0.29) is 21.2 Å². The number of aromatic hydroxyl groups is 1. The summed E-state index contributed by atoms with van der Waals surface area (Å²) in [6.07, 6.45) is -4.58. The lowest BCUT2D eigenvalue weighted by Gasteiger charge is -2.13. The summed E-state index contributed by atoms with van der Waals surface area (Å²) in [5.74, 6) is -3.05. The van der Waals surface area contributed by atoms with Gasteiger partial charge in [-0.1, -0.05) is 35.6 Å². The molecular weight excluding hydrogens is 411 g/mol. The second-order valence-electron chi connectivity index (χ2n) is 5.94. The number of benzene rings is 2. The van der Waals surface area contributed by atoms with Crippen LogP contribution < -0.4 is 10.1 Å². The van der Waals surface area contributed by atoms with Crippen LogP contribution in [0.5, 0.6) is 5.75 Å². The average molecular weight is 423 g/mol. The van der Waals surface area contributed by atoms with Crippen molar-refractivity contribution in [3.63, 3.8) is 0 Å². The molecule has 1 amide bonds. The number of hydrogen-bond donors (Lipinski definition) is 3. The summed E-state index contributed by atoms with van der Waals surface area (Å²) in [6.45, 7) is -0.742. The third-order valence-electron chi connectivity index (χ3n) is 4.05. The second kappa shape index (κ2) is 7.55. The Balaban J connectivity index is 2.12. The van der Waals surface area contributed by atoms with Crippen LogP contribution >= 0.6 is 11.3 Å². The zero-order chi connectivity index (χ0) is 21.3. The van der Waals surface area contributed by atoms with E-state index < -0.39 is 46.2 Å². The Kier molecular flexibility index (Phi) is 5.29. The first-order chi connectivity index (χ1) is 13.6. The molecule has 0 radical (unpaired) electrons. The van der Waals surface area contributed by atoms with Crippen LogP contribution in [0.15, 0.2) is 47.3 Å². The predicted octanol–water partition coefficient (Wildman–Crippen LogP) is 3.47. The van der Waals surface area contributed by atoms with Crippen LogP contribution in [0, 0.1) is 0 Å². The lowest BCUT2D eigenvalue weighted by Crippen LogP contribution is -2.32. The Hall–Kier alpha value is -3.40. The highest BCUT2D eigenvalue weighted by Crippen LogP contribution is 2.39. The molecule has 6 nitrogen and oxygen atoms in total. The number of hydrogen-bond acceptors (Lipinski definition) is 5. The molecule has 150 valence electrons. The highest BCUT2D eigenvalue weighted by Gasteiger charge is 2.33. The minimum absolute atomic E-state index is 0.0864. The van der Waals surface area contributed by atoms with Crippen molar-refractivity contribution in [3.05, 3.63) is 63.1 Å². The highest BCUT2D eigenvalue weighted by molar-refractivity contribution is 7.16. The number of rotatable bonds is 4. The van der Waals surface area contributed by atoms with Crippen molar-refractivity contribution in [1.82, 2.24) is 5.32 Å². The molecule has 3 aromatic rings. The molecular formula is C19H12F3NO5S. The van der Waals surface area contributed by atoms with Gasteiger partial charge in [-0.25, -0.2) is 0 Å². The Morgan fingerprint density at radius 1 is 1.10 bits per heavy atom. The van der Waals surface area contributed by atoms with Crippen molar-refractivity contribution < 1.29 is 33.0 Å². The van der Waals surface area contributed by atoms with Gasteiger partial charge >= 0.3 is 12.1 Å². The molecule has 0 aliphatic heterocycles. The van der Waals surface area contributed by atoms with Crippen LogP contribution in [0.2, 0.25) is 0 Å². The average Bonchev–Trinajstić information content (AvgIpc) is 2.65. The molecule has 0 atom stereocenters. The smallest absolute Gasteiger partial charge is 0.417 e. The molecule has 2 aromatic carbocycles. The van der Waals surface area contributed by atoms with E-state index in [0.29, 0.717) is 11.3 Å². The van der Waals surface area contributed by atoms with E-state index in [0.717, 1.165) is 6.07 Å². The van der Waals surface area contributed by atoms with Gasteiger partial charge in [-0.15, -0.1) is 0 Å². The highest BCUT2D eigenvalue weighted by atomic mass is 32.1. The fourth-order valence-electron chi connectivity index (χ4n) is 2.78. The Morgan fingerprint density at radius 2 is 1.79 bits per heavy atom. The number of nitrogens with one attached hydrogen (secondary N) is 1. The SMILES string of the molecule is O=C(O)CNC(=O)c1c(O)c2ccc(-c3ccccc3C(F)(F)F)cc2sc1=O. The largest absolute Gasteiger partial charge is 0.506 e. The van der Waals surface area contributed by atoms with E-state index in [1.54, 1.807) is 0 Å². The number of carboxylic acids is 1. The molecule has 1 aromatic heterocycles. The normalized spacial score (nSPS) is 11.4. The predicted molar refractivity (Wildman–Crippen MR) is 100 cm³/mol. The summed E-state index contributed by atoms with van der Waals surface area (Å²) in [7, 11) is 0. The monoisotopic (exact) mass is 423 g/mol. The van der Waals surface area contributed by atoms with Crippen LogP contribution in [0.1, 0.15) is 15.9 Å². The standard InChI is InChI=1S/C19H12F3NO5S/c20-19(21,22)12-4-2-1-3-10(12)9-5-6-11-13(7-9)29-18(28)15(16(11)26)17(27)23-8-14(24)25/h1-7,26H,8H2,(H,23,27)(H,24,25). The maximum absolute atomic E-state index is 13.3. The molecule has 10 heteroatoms. The van der Waals surface area contributed by atoms with Gasteiger partial charge in [-0.2, -0.15) is 13.2 Å². The molecule has 0 saturated carbocycles. The first kappa shape index (κ1) is 20.3. The van der Waals surface area contributed by atoms with Gasteiger partial charge in [-0.3, -0.25) is 14.4 Å². The maximum Gasteiger partial charge on any atom is 0.417 e. The first-order valence-electron chi connectivity index (χ1n) is 8.06. The van der Waals surface area contributed by atoms with E-state index in [9.17, 15) is 32.7 Å². The number of fused-ring (bicyclic) bond motifs is 1. The molecule has 29 heavy (non-hydrogen) atoms. The van der Waals surface area contributed by atoms with Gasteiger partial charge in [0, 0.05) is 10.1 Å². The van der Waals surface area contributed by atoms with Crippen molar-refractivity contribution in [2.45, 2.75) is 6.18 Å². The van der Waals surface area contributed by atoms with Gasteiger partial charge in [0.25, 0.3) is 5.91 Å². The Bertz CT molecular complexity index is 1190. The topological polar surface area (TPSA) is 104 Å². The minimum atomic E-state index is -4.58. The van der Waals surface area contributed by atoms with E-state index in [1.807, 2.05) is 5.32 Å². The lowest BCUT2D eigenvalue weighted by molar-refractivity contribution is -0.137. The number of amides is 1. The van der Waals surface area contributed by atoms with Crippen LogP contribution in [-0.2, 0) is 11.0 Å². The third-order valence-corrected chi connectivity index (χ3v) is 5.00. The zero-order valence-electron chi connectivity index (χ0n) is 14.4. The summed E-state index contributed by atoms with van der Waals surface area (Å²) < 4.78 is 39.2. The molecule has 3 rings (SSSR count). The summed E-state index contributed by atoms with van der Waals surface area (Å²) >= 11 is 0.562. The Morgan fingerprint density at radius 3 is 2.45 bits per heavy atom. The number of alkyl halides is 3. The maximum atomic E-state index is 13.3. The molecule has 0 spiro atoms. The molecule has 0 bridgehead atoms. The van der Waals surface area contributed by atoms with Gasteiger partial charge in [0.1, 0.15) is 17.9 Å². The van der Waals surface area contributed by atoms with Crippen molar-refractivity contribution >= 4 is 33.3 Å². The summed E-state index contributed by atoms with van der Waals surface area (Å²) in [5, 5.41) is 21.0. The fourth-order valence-corrected chi connectivity index (χ4v) is 3.73. The molecule has 0 aliphatic carbocycles. The summed E-state index contributed by atoms with van der Waals surface area (Å²) in [5.41, 5.74) is -1.37. The van der Waals surface area contributed by atoms with Crippen LogP contribution in [0.4, 0.5) is 13.2 Å². The molecule has 3 N–H and O–H groups in total. The number of carboxylic acid groups (broad SMARTS) is 1. The molecule has 0 aliphatic rings. The fraction of sp³-hybridized carbons (Fsp3) is 0.105. The van der Waals surface area contributed by atoms with Gasteiger partial charge < -0.3 is 15.5 Å². The summed E-state index contributed by atoms with van der Waals surface area (Å²) in [6, 6.07) is 8.91. The number of aliphatic carboxylic acids is 1. The van der Waals surface area contributed by atoms with Crippen molar-refractivity contribution in [2.75, 3.05) is 6.54 Å². The number of carbonyl (C=O) groups is 2. The van der Waals surface area contributed by atoms with Gasteiger partial charge in [0.2, 0.25) is 4.74 Å². The third kappa shape index (κ3) is 4.06. The van der Waals surface area contributed by atoms with Crippen LogP contribution in [-0.4, -0.2) is 28.6 Å². The molecule has 0 unspecified atom stereocenters. The van der Waals surface area contributed by atoms with Crippen molar-refractivity contribution in [3.8, 4) is 16.9 Å². The van der Waals surface area contributed by atoms with E-state index in [4.69, 9.17) is 5.11 Å². The van der Waals surface area contributed by atoms with Crippen LogP contribution in [0.3, 0.4) is 0 Å². The first-order valence-corrected chi connectivity index (χ1v) is 8.87. The van der Waals surface area contributed by atoms with E-state index >= 15 is 0 Å². The Labute approximate surface area is 164 Å². The molecule has 0 saturated heterocycles.